The van der Waals surface area contributed by atoms with Gasteiger partial charge in [0.05, 0.1) is 10.6 Å². The van der Waals surface area contributed by atoms with Crippen LogP contribution in [0.2, 0.25) is 0 Å². The molecule has 0 unspecified atom stereocenters. The van der Waals surface area contributed by atoms with Gasteiger partial charge >= 0.3 is 0 Å². The number of carbonyl (C=O) groups excluding carboxylic acids is 1. The molecule has 1 aliphatic carbocycles. The second-order valence-electron chi connectivity index (χ2n) is 9.16. The fraction of sp³-hybridized carbons (Fsp3) is 0.385. The van der Waals surface area contributed by atoms with Crippen molar-refractivity contribution in [3.05, 3.63) is 60.3 Å². The van der Waals surface area contributed by atoms with E-state index in [-0.39, 0.29) is 16.5 Å². The zero-order chi connectivity index (χ0) is 24.4. The second kappa shape index (κ2) is 9.83. The van der Waals surface area contributed by atoms with Crippen molar-refractivity contribution in [1.29, 1.82) is 0 Å². The molecule has 0 radical (unpaired) electrons. The van der Waals surface area contributed by atoms with E-state index < -0.39 is 10.0 Å². The molecule has 184 valence electrons. The van der Waals surface area contributed by atoms with Crippen LogP contribution in [-0.2, 0) is 10.0 Å². The van der Waals surface area contributed by atoms with Gasteiger partial charge in [-0.25, -0.2) is 13.1 Å². The van der Waals surface area contributed by atoms with Gasteiger partial charge in [0, 0.05) is 25.2 Å². The average molecular weight is 494 g/mol. The van der Waals surface area contributed by atoms with E-state index in [4.69, 9.17) is 0 Å². The third-order valence-electron chi connectivity index (χ3n) is 6.85. The number of anilines is 1. The summed E-state index contributed by atoms with van der Waals surface area (Å²) in [5, 5.41) is 11.2. The molecule has 35 heavy (non-hydrogen) atoms. The number of benzene rings is 2. The van der Waals surface area contributed by atoms with Crippen molar-refractivity contribution in [2.45, 2.75) is 49.5 Å². The van der Waals surface area contributed by atoms with E-state index >= 15 is 0 Å². The van der Waals surface area contributed by atoms with Crippen LogP contribution in [0.15, 0.2) is 59.5 Å². The molecule has 2 heterocycles. The molecule has 0 atom stereocenters. The summed E-state index contributed by atoms with van der Waals surface area (Å²) in [5.41, 5.74) is 2.28. The Balaban J connectivity index is 1.43. The van der Waals surface area contributed by atoms with E-state index in [0.29, 0.717) is 29.5 Å². The third-order valence-corrected chi connectivity index (χ3v) is 8.66. The summed E-state index contributed by atoms with van der Waals surface area (Å²) >= 11 is 0. The van der Waals surface area contributed by atoms with Crippen molar-refractivity contribution in [2.75, 3.05) is 24.4 Å². The van der Waals surface area contributed by atoms with Crippen LogP contribution >= 0.6 is 0 Å². The van der Waals surface area contributed by atoms with Crippen LogP contribution in [0.4, 0.5) is 5.69 Å². The molecule has 1 aromatic heterocycles. The van der Waals surface area contributed by atoms with Crippen molar-refractivity contribution in [3.63, 3.8) is 0 Å². The molecule has 3 aromatic rings. The topological polar surface area (TPSA) is 96.3 Å². The normalized spacial score (nSPS) is 17.0. The molecule has 8 nitrogen and oxygen atoms in total. The average Bonchev–Trinajstić information content (AvgIpc) is 3.29. The maximum Gasteiger partial charge on any atom is 0.274 e. The smallest absolute Gasteiger partial charge is 0.274 e. The quantitative estimate of drug-likeness (QED) is 0.489. The third kappa shape index (κ3) is 4.46. The number of fused-ring (bicyclic) bond motifs is 3. The maximum absolute atomic E-state index is 13.3. The molecule has 2 aliphatic rings. The minimum absolute atomic E-state index is 0.102. The number of aromatic nitrogens is 2. The molecule has 5 rings (SSSR count). The lowest BCUT2D eigenvalue weighted by Gasteiger charge is -2.27. The highest BCUT2D eigenvalue weighted by atomic mass is 32.2. The van der Waals surface area contributed by atoms with E-state index in [9.17, 15) is 13.2 Å². The van der Waals surface area contributed by atoms with Gasteiger partial charge in [-0.05, 0) is 44.0 Å². The van der Waals surface area contributed by atoms with Gasteiger partial charge in [-0.3, -0.25) is 9.10 Å². The van der Waals surface area contributed by atoms with Gasteiger partial charge < -0.3 is 10.6 Å². The number of hydrogen-bond acceptors (Lipinski definition) is 5. The number of rotatable bonds is 7. The molecule has 2 aromatic carbocycles. The Morgan fingerprint density at radius 3 is 2.49 bits per heavy atom. The first-order chi connectivity index (χ1) is 17.0. The zero-order valence-corrected chi connectivity index (χ0v) is 20.7. The summed E-state index contributed by atoms with van der Waals surface area (Å²) < 4.78 is 29.4. The number of nitrogens with one attached hydrogen (secondary N) is 2. The summed E-state index contributed by atoms with van der Waals surface area (Å²) in [7, 11) is -2.33. The van der Waals surface area contributed by atoms with Gasteiger partial charge in [-0.1, -0.05) is 55.7 Å². The largest absolute Gasteiger partial charge is 0.351 e. The fourth-order valence-electron chi connectivity index (χ4n) is 5.00. The lowest BCUT2D eigenvalue weighted by atomic mass is 9.95. The van der Waals surface area contributed by atoms with Crippen molar-refractivity contribution < 1.29 is 13.2 Å². The predicted octanol–water partition coefficient (Wildman–Crippen LogP) is 3.72. The SMILES string of the molecule is CN1c2c(C(=O)NCCCNC3CCCCC3)nn(-c3ccccc3)c2-c2ccccc2S1(=O)=O. The van der Waals surface area contributed by atoms with Gasteiger partial charge in [0.15, 0.2) is 5.69 Å². The van der Waals surface area contributed by atoms with E-state index in [2.05, 4.69) is 15.7 Å². The number of para-hydroxylation sites is 1. The number of carbonyl (C=O) groups is 1. The van der Waals surface area contributed by atoms with Crippen molar-refractivity contribution in [3.8, 4) is 16.9 Å². The molecule has 0 bridgehead atoms. The first-order valence-electron chi connectivity index (χ1n) is 12.3. The monoisotopic (exact) mass is 493 g/mol. The zero-order valence-electron chi connectivity index (χ0n) is 19.9. The Kier molecular flexibility index (Phi) is 6.62. The molecule has 0 spiro atoms. The van der Waals surface area contributed by atoms with Gasteiger partial charge in [-0.2, -0.15) is 5.10 Å². The predicted molar refractivity (Wildman–Crippen MR) is 136 cm³/mol. The minimum Gasteiger partial charge on any atom is -0.351 e. The highest BCUT2D eigenvalue weighted by Crippen LogP contribution is 2.45. The number of sulfonamides is 1. The molecular formula is C26H31N5O3S. The Bertz CT molecular complexity index is 1310. The summed E-state index contributed by atoms with van der Waals surface area (Å²) in [6.45, 7) is 1.32. The van der Waals surface area contributed by atoms with Gasteiger partial charge in [0.25, 0.3) is 15.9 Å². The standard InChI is InChI=1S/C26H31N5O3S/c1-30-25-23(26(32)28-18-10-17-27-19-11-4-2-5-12-19)29-31(20-13-6-3-7-14-20)24(25)21-15-8-9-16-22(21)35(30,33)34/h3,6-9,13-16,19,27H,2,4-5,10-12,17-18H2,1H3,(H,28,32). The van der Waals surface area contributed by atoms with Gasteiger partial charge in [-0.15, -0.1) is 0 Å². The minimum atomic E-state index is -3.81. The van der Waals surface area contributed by atoms with Crippen LogP contribution in [0.3, 0.4) is 0 Å². The summed E-state index contributed by atoms with van der Waals surface area (Å²) in [5.74, 6) is -0.380. The Hall–Kier alpha value is -3.17. The molecular weight excluding hydrogens is 462 g/mol. The Morgan fingerprint density at radius 2 is 1.71 bits per heavy atom. The molecule has 1 aliphatic heterocycles. The first-order valence-corrected chi connectivity index (χ1v) is 13.7. The molecule has 1 amide bonds. The highest BCUT2D eigenvalue weighted by Gasteiger charge is 2.39. The van der Waals surface area contributed by atoms with Crippen LogP contribution in [-0.4, -0.2) is 50.3 Å². The molecule has 1 fully saturated rings. The number of amides is 1. The lowest BCUT2D eigenvalue weighted by molar-refractivity contribution is 0.0948. The number of hydrogen-bond donors (Lipinski definition) is 2. The maximum atomic E-state index is 13.3. The van der Waals surface area contributed by atoms with E-state index in [1.54, 1.807) is 28.9 Å². The van der Waals surface area contributed by atoms with E-state index in [1.807, 2.05) is 30.3 Å². The molecule has 0 saturated heterocycles. The Morgan fingerprint density at radius 1 is 1.00 bits per heavy atom. The molecule has 9 heteroatoms. The fourth-order valence-corrected chi connectivity index (χ4v) is 6.40. The number of nitrogens with zero attached hydrogens (tertiary/aromatic N) is 3. The second-order valence-corrected chi connectivity index (χ2v) is 11.1. The Labute approximate surface area is 206 Å². The van der Waals surface area contributed by atoms with Gasteiger partial charge in [0.1, 0.15) is 11.4 Å². The van der Waals surface area contributed by atoms with Crippen LogP contribution in [0.25, 0.3) is 16.9 Å². The van der Waals surface area contributed by atoms with Gasteiger partial charge in [0.2, 0.25) is 0 Å². The van der Waals surface area contributed by atoms with Crippen LogP contribution in [0, 0.1) is 0 Å². The van der Waals surface area contributed by atoms with Crippen LogP contribution in [0.1, 0.15) is 49.0 Å². The molecule has 2 N–H and O–H groups in total. The summed E-state index contributed by atoms with van der Waals surface area (Å²) in [6, 6.07) is 16.9. The van der Waals surface area contributed by atoms with Crippen molar-refractivity contribution in [1.82, 2.24) is 20.4 Å². The highest BCUT2D eigenvalue weighted by molar-refractivity contribution is 7.93. The van der Waals surface area contributed by atoms with Crippen LogP contribution in [0.5, 0.6) is 0 Å². The van der Waals surface area contributed by atoms with Crippen molar-refractivity contribution >= 4 is 21.6 Å². The van der Waals surface area contributed by atoms with Crippen LogP contribution < -0.4 is 14.9 Å². The van der Waals surface area contributed by atoms with E-state index in [1.165, 1.54) is 43.5 Å². The molecule has 1 saturated carbocycles. The summed E-state index contributed by atoms with van der Waals surface area (Å²) in [4.78, 5) is 13.5. The van der Waals surface area contributed by atoms with Crippen molar-refractivity contribution in [2.24, 2.45) is 0 Å². The lowest BCUT2D eigenvalue weighted by Crippen LogP contribution is -2.35. The first kappa shape index (κ1) is 23.6. The van der Waals surface area contributed by atoms with E-state index in [0.717, 1.165) is 18.7 Å². The summed E-state index contributed by atoms with van der Waals surface area (Å²) in [6.07, 6.45) is 7.12.